The van der Waals surface area contributed by atoms with Crippen LogP contribution in [0.5, 0.6) is 0 Å². The van der Waals surface area contributed by atoms with E-state index in [1.165, 1.54) is 0 Å². The van der Waals surface area contributed by atoms with Gasteiger partial charge in [0.1, 0.15) is 0 Å². The van der Waals surface area contributed by atoms with Crippen LogP contribution in [-0.4, -0.2) is 29.0 Å². The van der Waals surface area contributed by atoms with Gasteiger partial charge in [0.2, 0.25) is 5.91 Å². The third kappa shape index (κ3) is 5.08. The zero-order valence-corrected chi connectivity index (χ0v) is 13.7. The first-order chi connectivity index (χ1) is 11.0. The minimum Gasteiger partial charge on any atom is -0.426 e. The molecule has 5 heteroatoms. The molecule has 0 fully saturated rings. The van der Waals surface area contributed by atoms with Crippen LogP contribution in [0.4, 0.5) is 0 Å². The summed E-state index contributed by atoms with van der Waals surface area (Å²) in [5.41, 5.74) is 1.13. The molecule has 1 atom stereocenters. The van der Waals surface area contributed by atoms with E-state index in [9.17, 15) is 14.8 Å². The number of benzene rings is 2. The molecule has 0 aliphatic heterocycles. The van der Waals surface area contributed by atoms with Crippen molar-refractivity contribution in [3.8, 4) is 0 Å². The van der Waals surface area contributed by atoms with Gasteiger partial charge >= 0.3 is 7.12 Å². The van der Waals surface area contributed by atoms with Crippen LogP contribution in [0.3, 0.4) is 0 Å². The highest BCUT2D eigenvalue weighted by Gasteiger charge is 2.25. The Morgan fingerprint density at radius 2 is 1.83 bits per heavy atom. The Kier molecular flexibility index (Phi) is 6.19. The van der Waals surface area contributed by atoms with Gasteiger partial charge in [0.05, 0.1) is 5.94 Å². The smallest absolute Gasteiger partial charge is 0.426 e. The van der Waals surface area contributed by atoms with Crippen molar-refractivity contribution in [2.45, 2.75) is 39.1 Å². The molecular formula is C18H24BNO3. The van der Waals surface area contributed by atoms with Crippen molar-refractivity contribution in [3.63, 3.8) is 0 Å². The van der Waals surface area contributed by atoms with E-state index in [4.69, 9.17) is 0 Å². The number of carbonyl (C=O) groups is 1. The molecule has 122 valence electrons. The van der Waals surface area contributed by atoms with Crippen molar-refractivity contribution in [1.29, 1.82) is 0 Å². The summed E-state index contributed by atoms with van der Waals surface area (Å²) >= 11 is 0. The molecular weight excluding hydrogens is 289 g/mol. The largest absolute Gasteiger partial charge is 0.475 e. The van der Waals surface area contributed by atoms with E-state index in [0.29, 0.717) is 19.3 Å². The van der Waals surface area contributed by atoms with Gasteiger partial charge in [0.25, 0.3) is 0 Å². The minimum atomic E-state index is -1.53. The Morgan fingerprint density at radius 1 is 1.13 bits per heavy atom. The van der Waals surface area contributed by atoms with Gasteiger partial charge in [-0.1, -0.05) is 56.3 Å². The zero-order chi connectivity index (χ0) is 16.8. The fourth-order valence-corrected chi connectivity index (χ4v) is 2.80. The summed E-state index contributed by atoms with van der Waals surface area (Å²) in [4.78, 5) is 12.1. The molecule has 23 heavy (non-hydrogen) atoms. The maximum atomic E-state index is 12.1. The van der Waals surface area contributed by atoms with Crippen LogP contribution in [-0.2, 0) is 11.2 Å². The van der Waals surface area contributed by atoms with Gasteiger partial charge in [-0.2, -0.15) is 0 Å². The SMILES string of the molecule is CC(C)CC(NC(=O)CCc1cccc2ccccc12)B(O)O. The van der Waals surface area contributed by atoms with E-state index in [1.807, 2.05) is 38.1 Å². The number of hydrogen-bond donors (Lipinski definition) is 3. The first-order valence-electron chi connectivity index (χ1n) is 8.09. The Balaban J connectivity index is 1.98. The van der Waals surface area contributed by atoms with Crippen molar-refractivity contribution >= 4 is 23.8 Å². The lowest BCUT2D eigenvalue weighted by molar-refractivity contribution is -0.121. The molecule has 1 unspecified atom stereocenters. The Hall–Kier alpha value is -1.85. The number of amides is 1. The monoisotopic (exact) mass is 313 g/mol. The fourth-order valence-electron chi connectivity index (χ4n) is 2.80. The molecule has 4 nitrogen and oxygen atoms in total. The van der Waals surface area contributed by atoms with E-state index in [1.54, 1.807) is 0 Å². The number of carbonyl (C=O) groups excluding carboxylic acids is 1. The normalized spacial score (nSPS) is 12.4. The van der Waals surface area contributed by atoms with Crippen molar-refractivity contribution in [2.75, 3.05) is 0 Å². The average Bonchev–Trinajstić information content (AvgIpc) is 2.51. The second-order valence-electron chi connectivity index (χ2n) is 6.36. The molecule has 0 aromatic heterocycles. The van der Waals surface area contributed by atoms with Crippen LogP contribution in [0.1, 0.15) is 32.3 Å². The van der Waals surface area contributed by atoms with Gasteiger partial charge in [-0.15, -0.1) is 0 Å². The van der Waals surface area contributed by atoms with E-state index < -0.39 is 13.1 Å². The Morgan fingerprint density at radius 3 is 2.52 bits per heavy atom. The molecule has 0 aliphatic rings. The van der Waals surface area contributed by atoms with Gasteiger partial charge in [-0.05, 0) is 35.1 Å². The molecule has 0 bridgehead atoms. The summed E-state index contributed by atoms with van der Waals surface area (Å²) in [5.74, 6) is -0.494. The molecule has 1 amide bonds. The summed E-state index contributed by atoms with van der Waals surface area (Å²) in [6.45, 7) is 3.97. The standard InChI is InChI=1S/C18H24BNO3/c1-13(2)12-17(19(22)23)20-18(21)11-10-15-8-5-7-14-6-3-4-9-16(14)15/h3-9,13,17,22-23H,10-12H2,1-2H3,(H,20,21). The number of aryl methyl sites for hydroxylation is 1. The number of fused-ring (bicyclic) bond motifs is 1. The van der Waals surface area contributed by atoms with Gasteiger partial charge < -0.3 is 15.4 Å². The lowest BCUT2D eigenvalue weighted by Crippen LogP contribution is -2.47. The molecule has 0 spiro atoms. The number of hydrogen-bond acceptors (Lipinski definition) is 3. The van der Waals surface area contributed by atoms with E-state index >= 15 is 0 Å². The summed E-state index contributed by atoms with van der Waals surface area (Å²) in [5, 5.41) is 23.8. The second kappa shape index (κ2) is 8.13. The topological polar surface area (TPSA) is 69.6 Å². The van der Waals surface area contributed by atoms with E-state index in [2.05, 4.69) is 23.5 Å². The first kappa shape index (κ1) is 17.5. The molecule has 0 saturated heterocycles. The zero-order valence-electron chi connectivity index (χ0n) is 13.7. The summed E-state index contributed by atoms with van der Waals surface area (Å²) in [6.07, 6.45) is 1.50. The van der Waals surface area contributed by atoms with Gasteiger partial charge in [0.15, 0.2) is 0 Å². The van der Waals surface area contributed by atoms with Gasteiger partial charge in [-0.3, -0.25) is 4.79 Å². The van der Waals surface area contributed by atoms with Crippen molar-refractivity contribution in [3.05, 3.63) is 48.0 Å². The predicted octanol–water partition coefficient (Wildman–Crippen LogP) is 2.32. The third-order valence-corrected chi connectivity index (χ3v) is 3.93. The maximum absolute atomic E-state index is 12.1. The number of nitrogens with one attached hydrogen (secondary N) is 1. The molecule has 0 radical (unpaired) electrons. The molecule has 0 aliphatic carbocycles. The molecule has 3 N–H and O–H groups in total. The predicted molar refractivity (Wildman–Crippen MR) is 93.8 cm³/mol. The summed E-state index contributed by atoms with van der Waals surface area (Å²) in [6, 6.07) is 14.2. The molecule has 2 aromatic carbocycles. The fraction of sp³-hybridized carbons (Fsp3) is 0.389. The maximum Gasteiger partial charge on any atom is 0.475 e. The number of rotatable bonds is 7. The van der Waals surface area contributed by atoms with Crippen LogP contribution in [0.15, 0.2) is 42.5 Å². The van der Waals surface area contributed by atoms with E-state index in [-0.39, 0.29) is 11.8 Å². The van der Waals surface area contributed by atoms with E-state index in [0.717, 1.165) is 16.3 Å². The van der Waals surface area contributed by atoms with Crippen LogP contribution in [0.25, 0.3) is 10.8 Å². The Labute approximate surface area is 137 Å². The first-order valence-corrected chi connectivity index (χ1v) is 8.09. The lowest BCUT2D eigenvalue weighted by atomic mass is 9.75. The minimum absolute atomic E-state index is 0.156. The summed E-state index contributed by atoms with van der Waals surface area (Å²) in [7, 11) is -1.53. The molecule has 0 saturated carbocycles. The average molecular weight is 313 g/mol. The highest BCUT2D eigenvalue weighted by Crippen LogP contribution is 2.19. The quantitative estimate of drug-likeness (QED) is 0.687. The van der Waals surface area contributed by atoms with Gasteiger partial charge in [-0.25, -0.2) is 0 Å². The van der Waals surface area contributed by atoms with Gasteiger partial charge in [0, 0.05) is 6.42 Å². The lowest BCUT2D eigenvalue weighted by Gasteiger charge is -2.19. The van der Waals surface area contributed by atoms with Crippen molar-refractivity contribution in [2.24, 2.45) is 5.92 Å². The van der Waals surface area contributed by atoms with Crippen LogP contribution in [0, 0.1) is 5.92 Å². The summed E-state index contributed by atoms with van der Waals surface area (Å²) < 4.78 is 0. The molecule has 2 aromatic rings. The van der Waals surface area contributed by atoms with Crippen LogP contribution in [0.2, 0.25) is 0 Å². The highest BCUT2D eigenvalue weighted by molar-refractivity contribution is 6.43. The van der Waals surface area contributed by atoms with Crippen LogP contribution < -0.4 is 5.32 Å². The van der Waals surface area contributed by atoms with Crippen LogP contribution >= 0.6 is 0 Å². The highest BCUT2D eigenvalue weighted by atomic mass is 16.4. The third-order valence-electron chi connectivity index (χ3n) is 3.93. The second-order valence-corrected chi connectivity index (χ2v) is 6.36. The molecule has 0 heterocycles. The Bertz CT molecular complexity index is 652. The molecule has 2 rings (SSSR count). The van der Waals surface area contributed by atoms with Crippen molar-refractivity contribution in [1.82, 2.24) is 5.32 Å². The van der Waals surface area contributed by atoms with Crippen molar-refractivity contribution < 1.29 is 14.8 Å².